The lowest BCUT2D eigenvalue weighted by atomic mass is 10.0. The Kier molecular flexibility index (Phi) is 7.86. The lowest BCUT2D eigenvalue weighted by Gasteiger charge is -2.09. The molecule has 0 atom stereocenters. The van der Waals surface area contributed by atoms with Crippen LogP contribution in [0.3, 0.4) is 0 Å². The summed E-state index contributed by atoms with van der Waals surface area (Å²) in [4.78, 5) is 24.1. The third-order valence-electron chi connectivity index (χ3n) is 3.69. The smallest absolute Gasteiger partial charge is 0.234 e. The predicted molar refractivity (Wildman–Crippen MR) is 105 cm³/mol. The predicted octanol–water partition coefficient (Wildman–Crippen LogP) is 3.65. The van der Waals surface area contributed by atoms with Crippen molar-refractivity contribution < 1.29 is 14.3 Å². The number of aromatic nitrogens is 2. The number of nitrogens with zero attached hydrogens (tertiary/aromatic N) is 2. The summed E-state index contributed by atoms with van der Waals surface area (Å²) in [5, 5.41) is 14.0. The SMILES string of the molecule is CCC(CC)C(=O)Nc1nnc(SCC(=O)Nc2ccc(OC)cc2)s1. The number of carbonyl (C=O) groups is 2. The summed E-state index contributed by atoms with van der Waals surface area (Å²) in [6.45, 7) is 3.97. The van der Waals surface area contributed by atoms with E-state index >= 15 is 0 Å². The molecule has 26 heavy (non-hydrogen) atoms. The number of nitrogens with one attached hydrogen (secondary N) is 2. The van der Waals surface area contributed by atoms with Gasteiger partial charge in [-0.1, -0.05) is 36.9 Å². The van der Waals surface area contributed by atoms with E-state index in [-0.39, 0.29) is 23.5 Å². The highest BCUT2D eigenvalue weighted by molar-refractivity contribution is 8.01. The van der Waals surface area contributed by atoms with Crippen LogP contribution in [-0.4, -0.2) is 34.9 Å². The number of methoxy groups -OCH3 is 1. The average Bonchev–Trinajstić information content (AvgIpc) is 3.09. The molecular weight excluding hydrogens is 372 g/mol. The molecule has 2 rings (SSSR count). The maximum absolute atomic E-state index is 12.0. The normalized spacial score (nSPS) is 10.6. The molecule has 1 aromatic carbocycles. The Hall–Kier alpha value is -2.13. The first-order valence-electron chi connectivity index (χ1n) is 8.26. The molecule has 140 valence electrons. The van der Waals surface area contributed by atoms with Gasteiger partial charge >= 0.3 is 0 Å². The van der Waals surface area contributed by atoms with E-state index < -0.39 is 0 Å². The van der Waals surface area contributed by atoms with E-state index in [4.69, 9.17) is 4.74 Å². The molecule has 1 heterocycles. The zero-order valence-corrected chi connectivity index (χ0v) is 16.6. The minimum atomic E-state index is -0.141. The molecule has 0 aliphatic carbocycles. The van der Waals surface area contributed by atoms with Crippen molar-refractivity contribution in [3.8, 4) is 5.75 Å². The summed E-state index contributed by atoms with van der Waals surface area (Å²) < 4.78 is 5.71. The van der Waals surface area contributed by atoms with Crippen LogP contribution in [0.25, 0.3) is 0 Å². The number of carbonyl (C=O) groups excluding carboxylic acids is 2. The molecule has 0 spiro atoms. The Balaban J connectivity index is 1.81. The van der Waals surface area contributed by atoms with Crippen molar-refractivity contribution in [1.29, 1.82) is 0 Å². The van der Waals surface area contributed by atoms with E-state index in [1.165, 1.54) is 23.1 Å². The largest absolute Gasteiger partial charge is 0.497 e. The monoisotopic (exact) mass is 394 g/mol. The fourth-order valence-corrected chi connectivity index (χ4v) is 3.74. The van der Waals surface area contributed by atoms with Crippen LogP contribution in [-0.2, 0) is 9.59 Å². The minimum Gasteiger partial charge on any atom is -0.497 e. The molecular formula is C17H22N4O3S2. The highest BCUT2D eigenvalue weighted by atomic mass is 32.2. The molecule has 7 nitrogen and oxygen atoms in total. The van der Waals surface area contributed by atoms with E-state index in [2.05, 4.69) is 20.8 Å². The van der Waals surface area contributed by atoms with Crippen LogP contribution in [0.15, 0.2) is 28.6 Å². The van der Waals surface area contributed by atoms with Crippen LogP contribution < -0.4 is 15.4 Å². The zero-order valence-electron chi connectivity index (χ0n) is 14.9. The van der Waals surface area contributed by atoms with E-state index in [0.29, 0.717) is 15.2 Å². The van der Waals surface area contributed by atoms with E-state index in [9.17, 15) is 9.59 Å². The van der Waals surface area contributed by atoms with Crippen molar-refractivity contribution >= 4 is 45.7 Å². The van der Waals surface area contributed by atoms with Gasteiger partial charge in [0.05, 0.1) is 12.9 Å². The van der Waals surface area contributed by atoms with Gasteiger partial charge in [-0.15, -0.1) is 10.2 Å². The van der Waals surface area contributed by atoms with Crippen LogP contribution in [0, 0.1) is 5.92 Å². The molecule has 0 unspecified atom stereocenters. The molecule has 0 fully saturated rings. The van der Waals surface area contributed by atoms with Gasteiger partial charge in [-0.05, 0) is 37.1 Å². The first-order valence-corrected chi connectivity index (χ1v) is 10.1. The second-order valence-corrected chi connectivity index (χ2v) is 7.64. The fraction of sp³-hybridized carbons (Fsp3) is 0.412. The quantitative estimate of drug-likeness (QED) is 0.498. The van der Waals surface area contributed by atoms with Gasteiger partial charge in [-0.3, -0.25) is 9.59 Å². The summed E-state index contributed by atoms with van der Waals surface area (Å²) in [7, 11) is 1.59. The standard InChI is InChI=1S/C17H22N4O3S2/c1-4-11(5-2)15(23)19-16-20-21-17(26-16)25-10-14(22)18-12-6-8-13(24-3)9-7-12/h6-9,11H,4-5,10H2,1-3H3,(H,18,22)(H,19,20,23). The Labute approximate surface area is 160 Å². The number of ether oxygens (including phenoxy) is 1. The Morgan fingerprint density at radius 3 is 2.46 bits per heavy atom. The maximum atomic E-state index is 12.0. The Morgan fingerprint density at radius 1 is 1.15 bits per heavy atom. The summed E-state index contributed by atoms with van der Waals surface area (Å²) >= 11 is 2.55. The Bertz CT molecular complexity index is 730. The van der Waals surface area contributed by atoms with E-state index in [0.717, 1.165) is 18.6 Å². The van der Waals surface area contributed by atoms with E-state index in [1.54, 1.807) is 31.4 Å². The topological polar surface area (TPSA) is 93.2 Å². The van der Waals surface area contributed by atoms with Gasteiger partial charge in [-0.2, -0.15) is 0 Å². The van der Waals surface area contributed by atoms with Gasteiger partial charge in [0, 0.05) is 11.6 Å². The highest BCUT2D eigenvalue weighted by Gasteiger charge is 2.16. The molecule has 9 heteroatoms. The first kappa shape index (κ1) is 20.2. The second kappa shape index (κ2) is 10.1. The van der Waals surface area contributed by atoms with Crippen molar-refractivity contribution in [3.63, 3.8) is 0 Å². The van der Waals surface area contributed by atoms with Crippen LogP contribution in [0.1, 0.15) is 26.7 Å². The van der Waals surface area contributed by atoms with Crippen LogP contribution in [0.4, 0.5) is 10.8 Å². The van der Waals surface area contributed by atoms with Gasteiger partial charge in [0.25, 0.3) is 0 Å². The van der Waals surface area contributed by atoms with Crippen LogP contribution in [0.2, 0.25) is 0 Å². The molecule has 0 bridgehead atoms. The van der Waals surface area contributed by atoms with Gasteiger partial charge < -0.3 is 15.4 Å². The molecule has 2 aromatic rings. The zero-order chi connectivity index (χ0) is 18.9. The molecule has 2 N–H and O–H groups in total. The number of rotatable bonds is 9. The highest BCUT2D eigenvalue weighted by Crippen LogP contribution is 2.26. The number of thioether (sulfide) groups is 1. The third-order valence-corrected chi connectivity index (χ3v) is 5.67. The van der Waals surface area contributed by atoms with Crippen LogP contribution >= 0.6 is 23.1 Å². The van der Waals surface area contributed by atoms with Crippen LogP contribution in [0.5, 0.6) is 5.75 Å². The van der Waals surface area contributed by atoms with Crippen molar-refractivity contribution in [2.24, 2.45) is 5.92 Å². The summed E-state index contributed by atoms with van der Waals surface area (Å²) in [6, 6.07) is 7.11. The lowest BCUT2D eigenvalue weighted by molar-refractivity contribution is -0.120. The van der Waals surface area contributed by atoms with Crippen molar-refractivity contribution in [3.05, 3.63) is 24.3 Å². The minimum absolute atomic E-state index is 0.0229. The van der Waals surface area contributed by atoms with Crippen molar-refractivity contribution in [2.45, 2.75) is 31.0 Å². The van der Waals surface area contributed by atoms with Crippen molar-refractivity contribution in [2.75, 3.05) is 23.5 Å². The molecule has 0 saturated heterocycles. The van der Waals surface area contributed by atoms with Gasteiger partial charge in [0.15, 0.2) is 4.34 Å². The number of anilines is 2. The fourth-order valence-electron chi connectivity index (χ4n) is 2.18. The molecule has 0 aliphatic heterocycles. The molecule has 0 saturated carbocycles. The number of hydrogen-bond donors (Lipinski definition) is 2. The molecule has 2 amide bonds. The molecule has 0 aliphatic rings. The maximum Gasteiger partial charge on any atom is 0.234 e. The number of hydrogen-bond acceptors (Lipinski definition) is 7. The summed E-state index contributed by atoms with van der Waals surface area (Å²) in [5.74, 6) is 0.735. The van der Waals surface area contributed by atoms with Gasteiger partial charge in [-0.25, -0.2) is 0 Å². The van der Waals surface area contributed by atoms with Gasteiger partial charge in [0.1, 0.15) is 5.75 Å². The average molecular weight is 395 g/mol. The van der Waals surface area contributed by atoms with E-state index in [1.807, 2.05) is 13.8 Å². The Morgan fingerprint density at radius 2 is 1.85 bits per heavy atom. The third kappa shape index (κ3) is 5.99. The first-order chi connectivity index (χ1) is 12.5. The molecule has 0 radical (unpaired) electrons. The van der Waals surface area contributed by atoms with Crippen molar-refractivity contribution in [1.82, 2.24) is 10.2 Å². The summed E-state index contributed by atoms with van der Waals surface area (Å²) in [5.41, 5.74) is 0.701. The molecule has 1 aromatic heterocycles. The summed E-state index contributed by atoms with van der Waals surface area (Å²) in [6.07, 6.45) is 1.57. The number of benzene rings is 1. The lowest BCUT2D eigenvalue weighted by Crippen LogP contribution is -2.21. The van der Waals surface area contributed by atoms with Gasteiger partial charge in [0.2, 0.25) is 16.9 Å². The number of amides is 2. The second-order valence-electron chi connectivity index (χ2n) is 5.44.